The fourth-order valence-corrected chi connectivity index (χ4v) is 4.21. The van der Waals surface area contributed by atoms with Gasteiger partial charge in [-0.3, -0.25) is 14.5 Å². The fraction of sp³-hybridized carbons (Fsp3) is 0.261. The average Bonchev–Trinajstić information content (AvgIpc) is 3.42. The van der Waals surface area contributed by atoms with Gasteiger partial charge in [0.15, 0.2) is 0 Å². The number of rotatable bonds is 7. The first-order valence-electron chi connectivity index (χ1n) is 10.2. The highest BCUT2D eigenvalue weighted by Gasteiger charge is 2.46. The average molecular weight is 455 g/mol. The van der Waals surface area contributed by atoms with Gasteiger partial charge in [-0.1, -0.05) is 35.9 Å². The zero-order valence-corrected chi connectivity index (χ0v) is 18.3. The summed E-state index contributed by atoms with van der Waals surface area (Å²) in [6.07, 6.45) is 3.12. The Morgan fingerprint density at radius 3 is 2.81 bits per heavy atom. The van der Waals surface area contributed by atoms with Gasteiger partial charge in [0.25, 0.3) is 5.91 Å². The smallest absolute Gasteiger partial charge is 0.322 e. The van der Waals surface area contributed by atoms with Crippen LogP contribution in [0.5, 0.6) is 0 Å². The van der Waals surface area contributed by atoms with Gasteiger partial charge < -0.3 is 20.0 Å². The van der Waals surface area contributed by atoms with Crippen LogP contribution in [0.4, 0.5) is 4.79 Å². The highest BCUT2D eigenvalue weighted by Crippen LogP contribution is 2.39. The van der Waals surface area contributed by atoms with Crippen molar-refractivity contribution in [2.24, 2.45) is 0 Å². The van der Waals surface area contributed by atoms with E-state index in [4.69, 9.17) is 16.0 Å². The molecule has 0 fully saturated rings. The summed E-state index contributed by atoms with van der Waals surface area (Å²) < 4.78 is 5.24. The van der Waals surface area contributed by atoms with Gasteiger partial charge in [-0.05, 0) is 30.7 Å². The summed E-state index contributed by atoms with van der Waals surface area (Å²) in [5, 5.41) is 6.10. The maximum atomic E-state index is 13.5. The Bertz CT molecular complexity index is 1100. The summed E-state index contributed by atoms with van der Waals surface area (Å²) in [7, 11) is 0. The van der Waals surface area contributed by atoms with Crippen molar-refractivity contribution in [1.29, 1.82) is 0 Å². The van der Waals surface area contributed by atoms with Crippen LogP contribution in [0.2, 0.25) is 5.02 Å². The van der Waals surface area contributed by atoms with Gasteiger partial charge in [0.1, 0.15) is 11.8 Å². The van der Waals surface area contributed by atoms with E-state index in [0.29, 0.717) is 27.6 Å². The van der Waals surface area contributed by atoms with Gasteiger partial charge in [0, 0.05) is 11.6 Å². The molecule has 0 unspecified atom stereocenters. The molecular formula is C23H23ClN4O4. The number of benzene rings is 1. The largest absolute Gasteiger partial charge is 0.467 e. The Labute approximate surface area is 190 Å². The van der Waals surface area contributed by atoms with E-state index < -0.39 is 12.1 Å². The van der Waals surface area contributed by atoms with Crippen molar-refractivity contribution < 1.29 is 18.8 Å². The number of nitrogens with zero attached hydrogens (tertiary/aromatic N) is 2. The van der Waals surface area contributed by atoms with Crippen molar-refractivity contribution in [1.82, 2.24) is 20.4 Å². The predicted octanol–water partition coefficient (Wildman–Crippen LogP) is 2.99. The molecule has 0 saturated carbocycles. The third-order valence-corrected chi connectivity index (χ3v) is 5.99. The van der Waals surface area contributed by atoms with Crippen molar-refractivity contribution in [2.45, 2.75) is 25.6 Å². The lowest BCUT2D eigenvalue weighted by molar-refractivity contribution is -0.135. The molecular weight excluding hydrogens is 432 g/mol. The number of carbonyl (C=O) groups excluding carboxylic acids is 3. The summed E-state index contributed by atoms with van der Waals surface area (Å²) in [6, 6.07) is 8.75. The molecule has 2 aliphatic rings. The van der Waals surface area contributed by atoms with Crippen LogP contribution in [0.15, 0.2) is 71.0 Å². The fourth-order valence-electron chi connectivity index (χ4n) is 3.97. The third kappa shape index (κ3) is 3.89. The minimum atomic E-state index is -0.754. The van der Waals surface area contributed by atoms with Gasteiger partial charge in [-0.2, -0.15) is 0 Å². The predicted molar refractivity (Wildman–Crippen MR) is 118 cm³/mol. The molecule has 0 radical (unpaired) electrons. The van der Waals surface area contributed by atoms with Crippen LogP contribution in [-0.4, -0.2) is 46.8 Å². The number of carbonyl (C=O) groups is 3. The molecule has 9 heteroatoms. The number of urea groups is 1. The first-order valence-corrected chi connectivity index (χ1v) is 10.6. The zero-order chi connectivity index (χ0) is 22.8. The zero-order valence-electron chi connectivity index (χ0n) is 17.5. The molecule has 4 amide bonds. The Morgan fingerprint density at radius 1 is 1.34 bits per heavy atom. The molecule has 2 aromatic rings. The molecule has 8 nitrogen and oxygen atoms in total. The van der Waals surface area contributed by atoms with Crippen LogP contribution in [0.25, 0.3) is 0 Å². The molecule has 0 spiro atoms. The molecule has 0 saturated heterocycles. The van der Waals surface area contributed by atoms with Crippen LogP contribution in [0, 0.1) is 0 Å². The Morgan fingerprint density at radius 2 is 2.12 bits per heavy atom. The Kier molecular flexibility index (Phi) is 6.05. The number of amides is 4. The molecule has 166 valence electrons. The Balaban J connectivity index is 1.61. The standard InChI is InChI=1S/C23H23ClN4O4/c1-3-10-27-18-13-28(14(2)21(29)25-12-15-7-6-11-32-15)22(30)19(18)20(26-23(27)31)16-8-4-5-9-17(16)24/h3-9,11,14,20H,1,10,12-13H2,2H3,(H,25,29)(H,26,31)/t14-,20-/m0/s1. The summed E-state index contributed by atoms with van der Waals surface area (Å²) in [5.74, 6) is -0.0282. The minimum absolute atomic E-state index is 0.131. The number of furan rings is 1. The van der Waals surface area contributed by atoms with Crippen molar-refractivity contribution in [3.05, 3.63) is 82.9 Å². The maximum Gasteiger partial charge on any atom is 0.322 e. The molecule has 32 heavy (non-hydrogen) atoms. The van der Waals surface area contributed by atoms with Gasteiger partial charge in [-0.25, -0.2) is 4.79 Å². The van der Waals surface area contributed by atoms with Crippen LogP contribution >= 0.6 is 11.6 Å². The second-order valence-electron chi connectivity index (χ2n) is 7.57. The quantitative estimate of drug-likeness (QED) is 0.629. The lowest BCUT2D eigenvalue weighted by atomic mass is 9.95. The van der Waals surface area contributed by atoms with Crippen molar-refractivity contribution in [2.75, 3.05) is 13.1 Å². The molecule has 0 bridgehead atoms. The second kappa shape index (κ2) is 8.92. The second-order valence-corrected chi connectivity index (χ2v) is 7.98. The molecule has 2 N–H and O–H groups in total. The van der Waals surface area contributed by atoms with E-state index in [0.717, 1.165) is 0 Å². The Hall–Kier alpha value is -3.52. The SMILES string of the molecule is C=CCN1C(=O)N[C@@H](c2ccccc2Cl)C2=C1CN([C@@H](C)C(=O)NCc1ccco1)C2=O. The van der Waals surface area contributed by atoms with E-state index in [1.165, 1.54) is 16.1 Å². The summed E-state index contributed by atoms with van der Waals surface area (Å²) in [4.78, 5) is 42.0. The number of hydrogen-bond acceptors (Lipinski definition) is 4. The van der Waals surface area contributed by atoms with Crippen molar-refractivity contribution >= 4 is 29.4 Å². The highest BCUT2D eigenvalue weighted by atomic mass is 35.5. The van der Waals surface area contributed by atoms with Crippen molar-refractivity contribution in [3.8, 4) is 0 Å². The molecule has 1 aromatic carbocycles. The lowest BCUT2D eigenvalue weighted by Crippen LogP contribution is -2.47. The van der Waals surface area contributed by atoms with Crippen molar-refractivity contribution in [3.63, 3.8) is 0 Å². The monoisotopic (exact) mass is 454 g/mol. The number of hydrogen-bond donors (Lipinski definition) is 2. The summed E-state index contributed by atoms with van der Waals surface area (Å²) in [5.41, 5.74) is 1.58. The molecule has 2 atom stereocenters. The van der Waals surface area contributed by atoms with Crippen LogP contribution in [0.1, 0.15) is 24.3 Å². The van der Waals surface area contributed by atoms with E-state index in [2.05, 4.69) is 17.2 Å². The van der Waals surface area contributed by atoms with Crippen LogP contribution in [0.3, 0.4) is 0 Å². The van der Waals surface area contributed by atoms with E-state index in [1.807, 2.05) is 0 Å². The van der Waals surface area contributed by atoms with E-state index in [9.17, 15) is 14.4 Å². The highest BCUT2D eigenvalue weighted by molar-refractivity contribution is 6.31. The number of nitrogens with one attached hydrogen (secondary N) is 2. The van der Waals surface area contributed by atoms with E-state index >= 15 is 0 Å². The van der Waals surface area contributed by atoms with Gasteiger partial charge in [0.2, 0.25) is 5.91 Å². The molecule has 1 aromatic heterocycles. The molecule has 2 aliphatic heterocycles. The first-order chi connectivity index (χ1) is 15.4. The third-order valence-electron chi connectivity index (χ3n) is 5.64. The molecule has 4 rings (SSSR count). The maximum absolute atomic E-state index is 13.5. The number of halogens is 1. The minimum Gasteiger partial charge on any atom is -0.467 e. The molecule has 3 heterocycles. The van der Waals surface area contributed by atoms with Gasteiger partial charge in [-0.15, -0.1) is 6.58 Å². The van der Waals surface area contributed by atoms with E-state index in [-0.39, 0.29) is 37.5 Å². The first kappa shape index (κ1) is 21.7. The van der Waals surface area contributed by atoms with E-state index in [1.54, 1.807) is 49.4 Å². The summed E-state index contributed by atoms with van der Waals surface area (Å²) >= 11 is 6.38. The van der Waals surface area contributed by atoms with Gasteiger partial charge >= 0.3 is 6.03 Å². The van der Waals surface area contributed by atoms with Crippen LogP contribution in [-0.2, 0) is 16.1 Å². The topological polar surface area (TPSA) is 94.9 Å². The van der Waals surface area contributed by atoms with Gasteiger partial charge in [0.05, 0.1) is 36.7 Å². The molecule has 0 aliphatic carbocycles. The lowest BCUT2D eigenvalue weighted by Gasteiger charge is -2.33. The normalized spacial score (nSPS) is 19.0. The summed E-state index contributed by atoms with van der Waals surface area (Å²) in [6.45, 7) is 5.95. The van der Waals surface area contributed by atoms with Crippen LogP contribution < -0.4 is 10.6 Å².